The van der Waals surface area contributed by atoms with Gasteiger partial charge in [0.15, 0.2) is 5.78 Å². The molecule has 3 heteroatoms. The minimum Gasteiger partial charge on any atom is -0.422 e. The Morgan fingerprint density at radius 1 is 0.815 bits per heavy atom. The van der Waals surface area contributed by atoms with Crippen molar-refractivity contribution in [2.75, 3.05) is 0 Å². The second-order valence-electron chi connectivity index (χ2n) is 6.31. The molecule has 3 aromatic rings. The van der Waals surface area contributed by atoms with Gasteiger partial charge < -0.3 is 4.74 Å². The van der Waals surface area contributed by atoms with Crippen LogP contribution in [0.4, 0.5) is 0 Å². The summed E-state index contributed by atoms with van der Waals surface area (Å²) in [6, 6.07) is 21.8. The van der Waals surface area contributed by atoms with Crippen LogP contribution in [-0.2, 0) is 0 Å². The van der Waals surface area contributed by atoms with Crippen molar-refractivity contribution in [2.24, 2.45) is 0 Å². The third kappa shape index (κ3) is 4.59. The molecule has 0 bridgehead atoms. The first-order valence-corrected chi connectivity index (χ1v) is 8.70. The van der Waals surface area contributed by atoms with Gasteiger partial charge in [-0.3, -0.25) is 4.79 Å². The highest BCUT2D eigenvalue weighted by Crippen LogP contribution is 2.22. The first-order valence-electron chi connectivity index (χ1n) is 8.70. The predicted octanol–water partition coefficient (Wildman–Crippen LogP) is 5.42. The van der Waals surface area contributed by atoms with Gasteiger partial charge in [0.1, 0.15) is 5.75 Å². The number of benzene rings is 3. The summed E-state index contributed by atoms with van der Waals surface area (Å²) in [5.74, 6) is -0.104. The van der Waals surface area contributed by atoms with E-state index in [4.69, 9.17) is 4.74 Å². The fourth-order valence-electron chi connectivity index (χ4n) is 2.65. The second-order valence-corrected chi connectivity index (χ2v) is 6.31. The second kappa shape index (κ2) is 8.28. The molecule has 3 rings (SSSR count). The lowest BCUT2D eigenvalue weighted by Crippen LogP contribution is -2.10. The number of rotatable bonds is 5. The normalized spacial score (nSPS) is 10.7. The molecule has 0 fully saturated rings. The van der Waals surface area contributed by atoms with E-state index in [0.717, 1.165) is 11.1 Å². The Hall–Kier alpha value is -3.46. The SMILES string of the molecule is Cc1ccc(C(=O)/C=C/c2ccccc2OC(=O)c2ccccc2C)cc1. The summed E-state index contributed by atoms with van der Waals surface area (Å²) in [7, 11) is 0. The Labute approximate surface area is 158 Å². The molecule has 0 aromatic heterocycles. The number of ether oxygens (including phenoxy) is 1. The average Bonchev–Trinajstić information content (AvgIpc) is 2.68. The molecule has 0 N–H and O–H groups in total. The molecule has 3 nitrogen and oxygen atoms in total. The van der Waals surface area contributed by atoms with E-state index in [1.807, 2.05) is 44.2 Å². The molecule has 0 aliphatic rings. The molecule has 134 valence electrons. The Kier molecular flexibility index (Phi) is 5.62. The third-order valence-electron chi connectivity index (χ3n) is 4.24. The molecule has 0 atom stereocenters. The van der Waals surface area contributed by atoms with Gasteiger partial charge >= 0.3 is 5.97 Å². The molecule has 0 saturated carbocycles. The van der Waals surface area contributed by atoms with Crippen molar-refractivity contribution in [3.05, 3.63) is 107 Å². The number of carbonyl (C=O) groups excluding carboxylic acids is 2. The molecule has 0 aliphatic heterocycles. The number of hydrogen-bond acceptors (Lipinski definition) is 3. The number of ketones is 1. The number of allylic oxidation sites excluding steroid dienone is 1. The predicted molar refractivity (Wildman–Crippen MR) is 107 cm³/mol. The molecular formula is C24H20O3. The van der Waals surface area contributed by atoms with Gasteiger partial charge in [-0.1, -0.05) is 66.2 Å². The van der Waals surface area contributed by atoms with Gasteiger partial charge in [0.2, 0.25) is 0 Å². The van der Waals surface area contributed by atoms with E-state index >= 15 is 0 Å². The highest BCUT2D eigenvalue weighted by Gasteiger charge is 2.12. The molecule has 0 unspecified atom stereocenters. The Bertz CT molecular complexity index is 998. The number of esters is 1. The number of hydrogen-bond donors (Lipinski definition) is 0. The smallest absolute Gasteiger partial charge is 0.343 e. The van der Waals surface area contributed by atoms with Crippen LogP contribution in [0.5, 0.6) is 5.75 Å². The van der Waals surface area contributed by atoms with E-state index in [1.54, 1.807) is 48.5 Å². The maximum atomic E-state index is 12.5. The average molecular weight is 356 g/mol. The van der Waals surface area contributed by atoms with Crippen LogP contribution < -0.4 is 4.74 Å². The number of carbonyl (C=O) groups is 2. The van der Waals surface area contributed by atoms with Crippen LogP contribution in [0.15, 0.2) is 78.9 Å². The molecule has 0 radical (unpaired) electrons. The van der Waals surface area contributed by atoms with Crippen LogP contribution in [0, 0.1) is 13.8 Å². The quantitative estimate of drug-likeness (QED) is 0.265. The summed E-state index contributed by atoms with van der Waals surface area (Å²) in [5.41, 5.74) is 3.76. The highest BCUT2D eigenvalue weighted by molar-refractivity contribution is 6.07. The minimum atomic E-state index is -0.418. The summed E-state index contributed by atoms with van der Waals surface area (Å²) in [6.07, 6.45) is 3.16. The first kappa shape index (κ1) is 18.3. The lowest BCUT2D eigenvalue weighted by Gasteiger charge is -2.09. The third-order valence-corrected chi connectivity index (χ3v) is 4.24. The van der Waals surface area contributed by atoms with Gasteiger partial charge in [-0.25, -0.2) is 4.79 Å². The first-order chi connectivity index (χ1) is 13.0. The van der Waals surface area contributed by atoms with Crippen molar-refractivity contribution in [3.63, 3.8) is 0 Å². The minimum absolute atomic E-state index is 0.102. The van der Waals surface area contributed by atoms with Crippen LogP contribution >= 0.6 is 0 Å². The Morgan fingerprint density at radius 2 is 1.48 bits per heavy atom. The Morgan fingerprint density at radius 3 is 2.22 bits per heavy atom. The largest absolute Gasteiger partial charge is 0.422 e. The van der Waals surface area contributed by atoms with Gasteiger partial charge in [0, 0.05) is 11.1 Å². The van der Waals surface area contributed by atoms with Crippen LogP contribution in [0.1, 0.15) is 37.4 Å². The standard InChI is InChI=1S/C24H20O3/c1-17-11-13-19(14-12-17)22(25)16-15-20-8-4-6-10-23(20)27-24(26)21-9-5-3-7-18(21)2/h3-16H,1-2H3/b16-15+. The van der Waals surface area contributed by atoms with Crippen molar-refractivity contribution < 1.29 is 14.3 Å². The zero-order valence-electron chi connectivity index (χ0n) is 15.3. The van der Waals surface area contributed by atoms with E-state index in [2.05, 4.69) is 0 Å². The molecular weight excluding hydrogens is 336 g/mol. The summed E-state index contributed by atoms with van der Waals surface area (Å²) in [4.78, 5) is 24.8. The maximum absolute atomic E-state index is 12.5. The molecule has 0 saturated heterocycles. The maximum Gasteiger partial charge on any atom is 0.343 e. The van der Waals surface area contributed by atoms with Crippen molar-refractivity contribution in [3.8, 4) is 5.75 Å². The molecule has 3 aromatic carbocycles. The van der Waals surface area contributed by atoms with E-state index in [0.29, 0.717) is 22.4 Å². The number of aryl methyl sites for hydroxylation is 2. The van der Waals surface area contributed by atoms with Crippen molar-refractivity contribution in [1.82, 2.24) is 0 Å². The van der Waals surface area contributed by atoms with Gasteiger partial charge in [-0.15, -0.1) is 0 Å². The van der Waals surface area contributed by atoms with Crippen LogP contribution in [0.25, 0.3) is 6.08 Å². The van der Waals surface area contributed by atoms with Crippen molar-refractivity contribution >= 4 is 17.8 Å². The van der Waals surface area contributed by atoms with Crippen LogP contribution in [0.2, 0.25) is 0 Å². The van der Waals surface area contributed by atoms with E-state index in [1.165, 1.54) is 6.08 Å². The van der Waals surface area contributed by atoms with E-state index in [9.17, 15) is 9.59 Å². The van der Waals surface area contributed by atoms with Crippen LogP contribution in [-0.4, -0.2) is 11.8 Å². The zero-order valence-corrected chi connectivity index (χ0v) is 15.3. The Balaban J connectivity index is 1.80. The monoisotopic (exact) mass is 356 g/mol. The van der Waals surface area contributed by atoms with Crippen molar-refractivity contribution in [1.29, 1.82) is 0 Å². The fourth-order valence-corrected chi connectivity index (χ4v) is 2.65. The molecule has 27 heavy (non-hydrogen) atoms. The lowest BCUT2D eigenvalue weighted by molar-refractivity contribution is 0.0733. The fraction of sp³-hybridized carbons (Fsp3) is 0.0833. The van der Waals surface area contributed by atoms with Gasteiger partial charge in [-0.2, -0.15) is 0 Å². The van der Waals surface area contributed by atoms with Gasteiger partial charge in [-0.05, 0) is 43.7 Å². The summed E-state index contributed by atoms with van der Waals surface area (Å²) >= 11 is 0. The van der Waals surface area contributed by atoms with Crippen LogP contribution in [0.3, 0.4) is 0 Å². The summed E-state index contributed by atoms with van der Waals surface area (Å²) < 4.78 is 5.56. The number of para-hydroxylation sites is 1. The molecule has 0 spiro atoms. The molecule has 0 amide bonds. The lowest BCUT2D eigenvalue weighted by atomic mass is 10.1. The van der Waals surface area contributed by atoms with Gasteiger partial charge in [0.05, 0.1) is 5.56 Å². The highest BCUT2D eigenvalue weighted by atomic mass is 16.5. The van der Waals surface area contributed by atoms with Gasteiger partial charge in [0.25, 0.3) is 0 Å². The van der Waals surface area contributed by atoms with E-state index in [-0.39, 0.29) is 5.78 Å². The zero-order chi connectivity index (χ0) is 19.2. The van der Waals surface area contributed by atoms with Crippen molar-refractivity contribution in [2.45, 2.75) is 13.8 Å². The molecule has 0 aliphatic carbocycles. The molecule has 0 heterocycles. The summed E-state index contributed by atoms with van der Waals surface area (Å²) in [6.45, 7) is 3.84. The van der Waals surface area contributed by atoms with E-state index < -0.39 is 5.97 Å². The summed E-state index contributed by atoms with van der Waals surface area (Å²) in [5, 5.41) is 0. The topological polar surface area (TPSA) is 43.4 Å².